The fraction of sp³-hybridized carbons (Fsp3) is 0.464. The summed E-state index contributed by atoms with van der Waals surface area (Å²) < 4.78 is 17.1. The molecule has 11 heteroatoms. The van der Waals surface area contributed by atoms with E-state index >= 15 is 0 Å². The number of nitrogens with one attached hydrogen (secondary N) is 1. The highest BCUT2D eigenvalue weighted by Gasteiger charge is 2.19. The van der Waals surface area contributed by atoms with Crippen LogP contribution in [0.2, 0.25) is 0 Å². The van der Waals surface area contributed by atoms with Crippen molar-refractivity contribution in [1.29, 1.82) is 0 Å². The van der Waals surface area contributed by atoms with Gasteiger partial charge >= 0.3 is 5.97 Å². The Morgan fingerprint density at radius 3 is 2.79 bits per heavy atom. The van der Waals surface area contributed by atoms with E-state index in [1.807, 2.05) is 31.2 Å². The maximum Gasteiger partial charge on any atom is 0.373 e. The molecule has 4 rings (SSSR count). The Morgan fingerprint density at radius 1 is 1.21 bits per heavy atom. The van der Waals surface area contributed by atoms with Crippen LogP contribution < -0.4 is 14.8 Å². The number of ketones is 1. The predicted octanol–water partition coefficient (Wildman–Crippen LogP) is 3.12. The van der Waals surface area contributed by atoms with Gasteiger partial charge in [-0.2, -0.15) is 4.98 Å². The number of hydrogen-bond acceptors (Lipinski definition) is 10. The maximum atomic E-state index is 11.1. The zero-order chi connectivity index (χ0) is 27.6. The van der Waals surface area contributed by atoms with Crippen LogP contribution >= 0.6 is 0 Å². The number of aliphatic carboxylic acids is 1. The average molecular weight is 539 g/mol. The Kier molecular flexibility index (Phi) is 9.98. The third kappa shape index (κ3) is 8.33. The largest absolute Gasteiger partial charge is 0.477 e. The Bertz CT molecular complexity index is 1260. The van der Waals surface area contributed by atoms with Gasteiger partial charge in [-0.25, -0.2) is 9.78 Å². The third-order valence-electron chi connectivity index (χ3n) is 6.63. The molecule has 2 aromatic heterocycles. The number of hydrogen-bond donors (Lipinski definition) is 3. The number of carboxylic acid groups (broad SMARTS) is 1. The molecule has 1 atom stereocenters. The second kappa shape index (κ2) is 13.8. The molecule has 39 heavy (non-hydrogen) atoms. The van der Waals surface area contributed by atoms with Crippen LogP contribution in [0.15, 0.2) is 41.1 Å². The molecule has 2 heterocycles. The van der Waals surface area contributed by atoms with Gasteiger partial charge in [0.25, 0.3) is 11.7 Å². The Hall–Kier alpha value is -3.83. The molecule has 0 saturated heterocycles. The molecule has 3 aromatic rings. The van der Waals surface area contributed by atoms with Gasteiger partial charge in [-0.1, -0.05) is 30.1 Å². The van der Waals surface area contributed by atoms with E-state index in [9.17, 15) is 14.7 Å². The van der Waals surface area contributed by atoms with Gasteiger partial charge in [0.2, 0.25) is 5.88 Å². The van der Waals surface area contributed by atoms with Gasteiger partial charge in [0.15, 0.2) is 12.1 Å². The van der Waals surface area contributed by atoms with E-state index in [1.165, 1.54) is 25.7 Å². The number of aliphatic hydroxyl groups is 1. The number of ether oxygens (including phenoxy) is 2. The molecule has 208 valence electrons. The molecule has 1 fully saturated rings. The number of carboxylic acids is 1. The SMILES string of the molecule is Cc1cc(CCc2noc(-c3cccnc3OCC3CCCC3)n2)ccc1O[C@H](O)CCNCC(=O)C(=O)O. The van der Waals surface area contributed by atoms with Gasteiger partial charge in [-0.05, 0) is 61.4 Å². The molecular formula is C28H34N4O7. The molecule has 1 aliphatic carbocycles. The predicted molar refractivity (Wildman–Crippen MR) is 140 cm³/mol. The summed E-state index contributed by atoms with van der Waals surface area (Å²) >= 11 is 0. The monoisotopic (exact) mass is 538 g/mol. The number of aromatic nitrogens is 3. The number of nitrogens with zero attached hydrogens (tertiary/aromatic N) is 3. The lowest BCUT2D eigenvalue weighted by Gasteiger charge is -2.16. The third-order valence-corrected chi connectivity index (χ3v) is 6.63. The zero-order valence-electron chi connectivity index (χ0n) is 22.0. The number of carbonyl (C=O) groups is 2. The van der Waals surface area contributed by atoms with E-state index in [2.05, 4.69) is 20.4 Å². The highest BCUT2D eigenvalue weighted by Crippen LogP contribution is 2.30. The van der Waals surface area contributed by atoms with Crippen molar-refractivity contribution in [2.75, 3.05) is 19.7 Å². The lowest BCUT2D eigenvalue weighted by Crippen LogP contribution is -2.31. The van der Waals surface area contributed by atoms with Gasteiger partial charge in [0, 0.05) is 25.6 Å². The summed E-state index contributed by atoms with van der Waals surface area (Å²) in [7, 11) is 0. The molecule has 0 amide bonds. The van der Waals surface area contributed by atoms with Crippen LogP contribution in [0.5, 0.6) is 11.6 Å². The molecule has 0 unspecified atom stereocenters. The summed E-state index contributed by atoms with van der Waals surface area (Å²) in [5.74, 6) is 0.166. The van der Waals surface area contributed by atoms with Crippen LogP contribution in [0.3, 0.4) is 0 Å². The average Bonchev–Trinajstić information content (AvgIpc) is 3.62. The van der Waals surface area contributed by atoms with Crippen LogP contribution in [0.4, 0.5) is 0 Å². The van der Waals surface area contributed by atoms with Crippen LogP contribution in [0.1, 0.15) is 49.1 Å². The molecule has 0 radical (unpaired) electrons. The minimum absolute atomic E-state index is 0.193. The van der Waals surface area contributed by atoms with Crippen LogP contribution in [0.25, 0.3) is 11.5 Å². The van der Waals surface area contributed by atoms with E-state index in [4.69, 9.17) is 19.1 Å². The lowest BCUT2D eigenvalue weighted by molar-refractivity contribution is -0.148. The first-order valence-corrected chi connectivity index (χ1v) is 13.2. The number of Topliss-reactive ketones (excluding diaryl/α,β-unsaturated/α-hetero) is 1. The Balaban J connectivity index is 1.26. The number of rotatable bonds is 15. The number of benzene rings is 1. The molecule has 1 saturated carbocycles. The highest BCUT2D eigenvalue weighted by atomic mass is 16.6. The molecule has 3 N–H and O–H groups in total. The quantitative estimate of drug-likeness (QED) is 0.148. The van der Waals surface area contributed by atoms with Gasteiger partial charge < -0.3 is 29.5 Å². The normalized spacial score (nSPS) is 14.3. The second-order valence-electron chi connectivity index (χ2n) is 9.70. The van der Waals surface area contributed by atoms with E-state index in [0.29, 0.717) is 54.3 Å². The van der Waals surface area contributed by atoms with E-state index in [-0.39, 0.29) is 19.5 Å². The van der Waals surface area contributed by atoms with Gasteiger partial charge in [0.05, 0.1) is 13.2 Å². The van der Waals surface area contributed by atoms with Crippen molar-refractivity contribution in [3.05, 3.63) is 53.5 Å². The number of aryl methyl sites for hydroxylation is 3. The summed E-state index contributed by atoms with van der Waals surface area (Å²) in [4.78, 5) is 30.5. The second-order valence-corrected chi connectivity index (χ2v) is 9.70. The van der Waals surface area contributed by atoms with Crippen molar-refractivity contribution >= 4 is 11.8 Å². The first-order valence-electron chi connectivity index (χ1n) is 13.2. The van der Waals surface area contributed by atoms with Gasteiger partial charge in [-0.3, -0.25) is 4.79 Å². The van der Waals surface area contributed by atoms with Crippen LogP contribution in [-0.4, -0.2) is 63.1 Å². The zero-order valence-corrected chi connectivity index (χ0v) is 22.0. The fourth-order valence-corrected chi connectivity index (χ4v) is 4.47. The van der Waals surface area contributed by atoms with Crippen molar-refractivity contribution < 1.29 is 33.8 Å². The first-order chi connectivity index (χ1) is 18.9. The molecule has 0 spiro atoms. The van der Waals surface area contributed by atoms with E-state index in [0.717, 1.165) is 11.1 Å². The summed E-state index contributed by atoms with van der Waals surface area (Å²) in [6, 6.07) is 9.37. The molecule has 0 bridgehead atoms. The minimum Gasteiger partial charge on any atom is -0.477 e. The summed E-state index contributed by atoms with van der Waals surface area (Å²) in [5.41, 5.74) is 2.60. The maximum absolute atomic E-state index is 11.1. The summed E-state index contributed by atoms with van der Waals surface area (Å²) in [6.07, 6.45) is 6.94. The molecule has 0 aliphatic heterocycles. The van der Waals surface area contributed by atoms with Crippen molar-refractivity contribution in [3.63, 3.8) is 0 Å². The van der Waals surface area contributed by atoms with Gasteiger partial charge in [0.1, 0.15) is 11.3 Å². The van der Waals surface area contributed by atoms with Crippen molar-refractivity contribution in [1.82, 2.24) is 20.4 Å². The van der Waals surface area contributed by atoms with Crippen LogP contribution in [0, 0.1) is 12.8 Å². The molecule has 1 aliphatic rings. The minimum atomic E-state index is -1.49. The molecule has 1 aromatic carbocycles. The van der Waals surface area contributed by atoms with Crippen molar-refractivity contribution in [2.24, 2.45) is 5.92 Å². The van der Waals surface area contributed by atoms with Crippen molar-refractivity contribution in [2.45, 2.75) is 58.2 Å². The molecular weight excluding hydrogens is 504 g/mol. The summed E-state index contributed by atoms with van der Waals surface area (Å²) in [5, 5.41) is 25.5. The number of aliphatic hydroxyl groups excluding tert-OH is 1. The molecule has 11 nitrogen and oxygen atoms in total. The Morgan fingerprint density at radius 2 is 2.03 bits per heavy atom. The number of carbonyl (C=O) groups excluding carboxylic acids is 1. The smallest absolute Gasteiger partial charge is 0.373 e. The highest BCUT2D eigenvalue weighted by molar-refractivity contribution is 6.33. The topological polar surface area (TPSA) is 157 Å². The Labute approximate surface area is 226 Å². The first kappa shape index (κ1) is 28.2. The standard InChI is InChI=1S/C28H34N4O7/c1-18-15-19(8-10-23(18)38-25(34)12-14-29-16-22(33)28(35)36)9-11-24-31-27(39-32-24)21-7-4-13-30-26(21)37-17-20-5-2-3-6-20/h4,7-8,10,13,15,20,25,29,34H,2-3,5-6,9,11-12,14,16-17H2,1H3,(H,35,36)/t25-/m0/s1. The van der Waals surface area contributed by atoms with E-state index in [1.54, 1.807) is 12.3 Å². The van der Waals surface area contributed by atoms with Gasteiger partial charge in [-0.15, -0.1) is 0 Å². The van der Waals surface area contributed by atoms with E-state index < -0.39 is 18.0 Å². The van der Waals surface area contributed by atoms with Crippen molar-refractivity contribution in [3.8, 4) is 23.1 Å². The fourth-order valence-electron chi connectivity index (χ4n) is 4.47. The summed E-state index contributed by atoms with van der Waals surface area (Å²) in [6.45, 7) is 2.47. The lowest BCUT2D eigenvalue weighted by atomic mass is 10.1. The van der Waals surface area contributed by atoms with Crippen LogP contribution in [-0.2, 0) is 22.4 Å². The number of pyridine rings is 1.